The lowest BCUT2D eigenvalue weighted by atomic mass is 10.0. The number of rotatable bonds is 3. The van der Waals surface area contributed by atoms with Crippen LogP contribution >= 0.6 is 0 Å². The lowest BCUT2D eigenvalue weighted by Crippen LogP contribution is -3.12. The van der Waals surface area contributed by atoms with Crippen molar-refractivity contribution < 1.29 is 34.2 Å². The number of carboxylic acid groups (broad SMARTS) is 2. The van der Waals surface area contributed by atoms with Crippen molar-refractivity contribution in [1.82, 2.24) is 9.80 Å². The van der Waals surface area contributed by atoms with Crippen LogP contribution in [0.2, 0.25) is 0 Å². The SMILES string of the molecule is C[NH+]1CCN(C2CCN(Cc3ccc4c(c3)OCO4)CC2)CC1.O=C([O-])C(=O)O. The molecule has 0 radical (unpaired) electrons. The second kappa shape index (κ2) is 9.91. The number of nitrogens with one attached hydrogen (secondary N) is 1. The highest BCUT2D eigenvalue weighted by Crippen LogP contribution is 2.33. The van der Waals surface area contributed by atoms with Crippen LogP contribution in [-0.2, 0) is 16.1 Å². The fraction of sp³-hybridized carbons (Fsp3) is 0.600. The first-order valence-corrected chi connectivity index (χ1v) is 10.0. The maximum atomic E-state index is 9.04. The number of hydrogen-bond acceptors (Lipinski definition) is 7. The number of hydrogen-bond donors (Lipinski definition) is 2. The molecule has 2 saturated heterocycles. The lowest BCUT2D eigenvalue weighted by Gasteiger charge is -2.40. The van der Waals surface area contributed by atoms with E-state index in [2.05, 4.69) is 29.0 Å². The van der Waals surface area contributed by atoms with Crippen LogP contribution in [0.25, 0.3) is 0 Å². The van der Waals surface area contributed by atoms with Gasteiger partial charge < -0.3 is 29.4 Å². The summed E-state index contributed by atoms with van der Waals surface area (Å²) in [4.78, 5) is 25.0. The van der Waals surface area contributed by atoms with Gasteiger partial charge in [0, 0.05) is 25.7 Å². The summed E-state index contributed by atoms with van der Waals surface area (Å²) < 4.78 is 10.9. The highest BCUT2D eigenvalue weighted by Gasteiger charge is 2.28. The van der Waals surface area contributed by atoms with E-state index in [4.69, 9.17) is 29.3 Å². The fourth-order valence-corrected chi connectivity index (χ4v) is 4.01. The van der Waals surface area contributed by atoms with E-state index >= 15 is 0 Å². The third-order valence-corrected chi connectivity index (χ3v) is 5.74. The normalized spacial score (nSPS) is 20.7. The molecule has 0 bridgehead atoms. The van der Waals surface area contributed by atoms with Gasteiger partial charge in [-0.05, 0) is 43.6 Å². The molecular weight excluding hydrogens is 378 g/mol. The Hall–Kier alpha value is -2.36. The summed E-state index contributed by atoms with van der Waals surface area (Å²) in [5.74, 6) is -2.23. The maximum absolute atomic E-state index is 9.04. The van der Waals surface area contributed by atoms with Crippen LogP contribution in [0.15, 0.2) is 18.2 Å². The topological polar surface area (TPSA) is 107 Å². The van der Waals surface area contributed by atoms with Gasteiger partial charge in [0.15, 0.2) is 17.5 Å². The summed E-state index contributed by atoms with van der Waals surface area (Å²) in [6, 6.07) is 7.15. The van der Waals surface area contributed by atoms with Gasteiger partial charge in [-0.1, -0.05) is 6.07 Å². The van der Waals surface area contributed by atoms with E-state index in [1.165, 1.54) is 57.7 Å². The first-order valence-electron chi connectivity index (χ1n) is 10.0. The summed E-state index contributed by atoms with van der Waals surface area (Å²) in [5.41, 5.74) is 1.33. The summed E-state index contributed by atoms with van der Waals surface area (Å²) in [5, 5.41) is 16.3. The molecule has 4 rings (SSSR count). The van der Waals surface area contributed by atoms with Crippen LogP contribution in [-0.4, -0.2) is 86.0 Å². The van der Waals surface area contributed by atoms with Gasteiger partial charge in [0.1, 0.15) is 0 Å². The number of piperidine rings is 1. The molecule has 9 heteroatoms. The minimum atomic E-state index is -2.07. The molecule has 0 amide bonds. The number of aliphatic carboxylic acids is 2. The number of nitrogens with zero attached hydrogens (tertiary/aromatic N) is 2. The number of carbonyl (C=O) groups excluding carboxylic acids is 1. The van der Waals surface area contributed by atoms with Crippen LogP contribution in [0.4, 0.5) is 0 Å². The molecule has 0 aromatic heterocycles. The van der Waals surface area contributed by atoms with Crippen molar-refractivity contribution in [3.05, 3.63) is 23.8 Å². The van der Waals surface area contributed by atoms with Crippen molar-refractivity contribution in [1.29, 1.82) is 0 Å². The number of fused-ring (bicyclic) bond motifs is 1. The van der Waals surface area contributed by atoms with Gasteiger partial charge in [0.25, 0.3) is 0 Å². The molecule has 2 N–H and O–H groups in total. The Morgan fingerprint density at radius 3 is 2.38 bits per heavy atom. The Balaban J connectivity index is 0.000000353. The highest BCUT2D eigenvalue weighted by atomic mass is 16.7. The van der Waals surface area contributed by atoms with Crippen molar-refractivity contribution >= 4 is 11.9 Å². The average Bonchev–Trinajstić information content (AvgIpc) is 3.17. The third kappa shape index (κ3) is 6.06. The molecule has 2 fully saturated rings. The molecule has 1 aromatic carbocycles. The molecule has 160 valence electrons. The Morgan fingerprint density at radius 2 is 1.76 bits per heavy atom. The zero-order valence-electron chi connectivity index (χ0n) is 16.8. The van der Waals surface area contributed by atoms with Crippen molar-refractivity contribution in [2.75, 3.05) is 53.1 Å². The summed E-state index contributed by atoms with van der Waals surface area (Å²) in [6.07, 6.45) is 2.62. The molecule has 9 nitrogen and oxygen atoms in total. The van der Waals surface area contributed by atoms with Gasteiger partial charge in [-0.2, -0.15) is 0 Å². The number of piperazine rings is 1. The van der Waals surface area contributed by atoms with Crippen molar-refractivity contribution in [3.8, 4) is 11.5 Å². The fourth-order valence-electron chi connectivity index (χ4n) is 4.01. The van der Waals surface area contributed by atoms with E-state index in [0.717, 1.165) is 24.1 Å². The molecule has 1 aromatic rings. The Kier molecular flexibility index (Phi) is 7.29. The minimum absolute atomic E-state index is 0.358. The van der Waals surface area contributed by atoms with Crippen LogP contribution < -0.4 is 19.5 Å². The first-order chi connectivity index (χ1) is 13.9. The summed E-state index contributed by atoms with van der Waals surface area (Å²) >= 11 is 0. The van der Waals surface area contributed by atoms with E-state index in [0.29, 0.717) is 6.79 Å². The van der Waals surface area contributed by atoms with Crippen molar-refractivity contribution in [2.45, 2.75) is 25.4 Å². The van der Waals surface area contributed by atoms with E-state index < -0.39 is 11.9 Å². The molecule has 3 heterocycles. The number of carbonyl (C=O) groups is 2. The van der Waals surface area contributed by atoms with E-state index in [9.17, 15) is 0 Å². The van der Waals surface area contributed by atoms with E-state index in [1.807, 2.05) is 6.07 Å². The zero-order valence-corrected chi connectivity index (χ0v) is 16.8. The number of ether oxygens (including phenoxy) is 2. The second-order valence-corrected chi connectivity index (χ2v) is 7.78. The van der Waals surface area contributed by atoms with Crippen LogP contribution in [0.3, 0.4) is 0 Å². The number of likely N-dealkylation sites (tertiary alicyclic amines) is 1. The largest absolute Gasteiger partial charge is 0.539 e. The first kappa shape index (κ1) is 21.4. The molecule has 0 aliphatic carbocycles. The van der Waals surface area contributed by atoms with Crippen molar-refractivity contribution in [2.24, 2.45) is 0 Å². The molecule has 3 aliphatic rings. The van der Waals surface area contributed by atoms with Gasteiger partial charge in [0.05, 0.1) is 20.1 Å². The van der Waals surface area contributed by atoms with Gasteiger partial charge >= 0.3 is 5.97 Å². The number of benzene rings is 1. The standard InChI is InChI=1S/C18H27N3O2.C2H2O4/c1-19-8-10-21(11-9-19)16-4-6-20(7-5-16)13-15-2-3-17-18(12-15)23-14-22-17;3-1(4)2(5)6/h2-3,12,16H,4-11,13-14H2,1H3;(H,3,4)(H,5,6). The van der Waals surface area contributed by atoms with Crippen LogP contribution in [0.5, 0.6) is 11.5 Å². The van der Waals surface area contributed by atoms with Crippen LogP contribution in [0.1, 0.15) is 18.4 Å². The molecule has 0 atom stereocenters. The second-order valence-electron chi connectivity index (χ2n) is 7.78. The third-order valence-electron chi connectivity index (χ3n) is 5.74. The smallest absolute Gasteiger partial charge is 0.351 e. The number of likely N-dealkylation sites (N-methyl/N-ethyl adjacent to an activating group) is 1. The monoisotopic (exact) mass is 407 g/mol. The Morgan fingerprint density at radius 1 is 1.14 bits per heavy atom. The minimum Gasteiger partial charge on any atom is -0.539 e. The molecule has 3 aliphatic heterocycles. The average molecular weight is 407 g/mol. The quantitative estimate of drug-likeness (QED) is 0.556. The Bertz CT molecular complexity index is 700. The van der Waals surface area contributed by atoms with Gasteiger partial charge in [-0.25, -0.2) is 4.79 Å². The molecular formula is C20H29N3O6. The Labute approximate surface area is 170 Å². The van der Waals surface area contributed by atoms with Gasteiger partial charge in [0.2, 0.25) is 6.79 Å². The van der Waals surface area contributed by atoms with Crippen LogP contribution in [0, 0.1) is 0 Å². The molecule has 0 unspecified atom stereocenters. The maximum Gasteiger partial charge on any atom is 0.351 e. The molecule has 29 heavy (non-hydrogen) atoms. The molecule has 0 saturated carbocycles. The number of quaternary nitrogens is 1. The summed E-state index contributed by atoms with van der Waals surface area (Å²) in [7, 11) is 2.31. The predicted molar refractivity (Wildman–Crippen MR) is 102 cm³/mol. The molecule has 0 spiro atoms. The zero-order chi connectivity index (χ0) is 20.8. The number of carboxylic acids is 2. The van der Waals surface area contributed by atoms with E-state index in [-0.39, 0.29) is 0 Å². The van der Waals surface area contributed by atoms with E-state index in [1.54, 1.807) is 4.90 Å². The van der Waals surface area contributed by atoms with Gasteiger partial charge in [-0.3, -0.25) is 9.80 Å². The highest BCUT2D eigenvalue weighted by molar-refractivity contribution is 6.26. The predicted octanol–water partition coefficient (Wildman–Crippen LogP) is -1.97. The lowest BCUT2D eigenvalue weighted by molar-refractivity contribution is -0.884. The van der Waals surface area contributed by atoms with Crippen molar-refractivity contribution in [3.63, 3.8) is 0 Å². The summed E-state index contributed by atoms with van der Waals surface area (Å²) in [6.45, 7) is 8.95. The van der Waals surface area contributed by atoms with Gasteiger partial charge in [-0.15, -0.1) is 0 Å².